The molecule has 3 atom stereocenters. The summed E-state index contributed by atoms with van der Waals surface area (Å²) in [6.45, 7) is 6.24. The maximum atomic E-state index is 13.4. The lowest BCUT2D eigenvalue weighted by molar-refractivity contribution is -0.144. The van der Waals surface area contributed by atoms with Gasteiger partial charge in [0.15, 0.2) is 0 Å². The van der Waals surface area contributed by atoms with Crippen LogP contribution >= 0.6 is 0 Å². The monoisotopic (exact) mass is 583 g/mol. The van der Waals surface area contributed by atoms with E-state index in [9.17, 15) is 27.6 Å². The molecule has 0 aromatic heterocycles. The van der Waals surface area contributed by atoms with Gasteiger partial charge in [0.2, 0.25) is 0 Å². The number of benzene rings is 2. The first-order chi connectivity index (χ1) is 19.4. The molecule has 10 nitrogen and oxygen atoms in total. The Hall–Kier alpha value is -3.31. The third-order valence-corrected chi connectivity index (χ3v) is 11.3. The summed E-state index contributed by atoms with van der Waals surface area (Å²) < 4.78 is 42.9. The van der Waals surface area contributed by atoms with Gasteiger partial charge < -0.3 is 9.47 Å². The summed E-state index contributed by atoms with van der Waals surface area (Å²) in [5, 5.41) is 1.09. The zero-order valence-corrected chi connectivity index (χ0v) is 24.2. The van der Waals surface area contributed by atoms with Crippen molar-refractivity contribution in [2.75, 3.05) is 19.0 Å². The van der Waals surface area contributed by atoms with E-state index in [4.69, 9.17) is 13.8 Å². The van der Waals surface area contributed by atoms with Gasteiger partial charge in [0.05, 0.1) is 22.3 Å². The fourth-order valence-electron chi connectivity index (χ4n) is 7.97. The highest BCUT2D eigenvalue weighted by Crippen LogP contribution is 2.89. The number of hydrogen-bond acceptors (Lipinski definition) is 9. The summed E-state index contributed by atoms with van der Waals surface area (Å²) in [7, 11) is -4.48. The number of hydrogen-bond donors (Lipinski definition) is 0. The molecule has 0 radical (unpaired) electrons. The van der Waals surface area contributed by atoms with Crippen molar-refractivity contribution in [2.24, 2.45) is 22.2 Å². The largest absolute Gasteiger partial charge is 0.489 e. The van der Waals surface area contributed by atoms with E-state index in [1.165, 1.54) is 12.1 Å². The van der Waals surface area contributed by atoms with Gasteiger partial charge >= 0.3 is 5.97 Å². The summed E-state index contributed by atoms with van der Waals surface area (Å²) in [5.74, 6) is -2.22. The van der Waals surface area contributed by atoms with Crippen LogP contribution in [0.5, 0.6) is 5.75 Å². The van der Waals surface area contributed by atoms with Gasteiger partial charge in [0.25, 0.3) is 21.9 Å². The predicted molar refractivity (Wildman–Crippen MR) is 146 cm³/mol. The zero-order chi connectivity index (χ0) is 29.4. The highest BCUT2D eigenvalue weighted by molar-refractivity contribution is 7.86. The molecule has 11 heteroatoms. The number of carbonyl (C=O) groups excluding carboxylic acids is 4. The van der Waals surface area contributed by atoms with Crippen LogP contribution in [0.15, 0.2) is 30.3 Å². The van der Waals surface area contributed by atoms with Crippen molar-refractivity contribution in [3.8, 4) is 5.75 Å². The Morgan fingerprint density at radius 1 is 1.02 bits per heavy atom. The third-order valence-electron chi connectivity index (χ3n) is 10.0. The number of esters is 1. The molecule has 3 aliphatic carbocycles. The van der Waals surface area contributed by atoms with Crippen LogP contribution in [0, 0.1) is 22.2 Å². The maximum absolute atomic E-state index is 13.4. The number of amides is 2. The van der Waals surface area contributed by atoms with Gasteiger partial charge in [-0.15, -0.1) is 9.35 Å². The summed E-state index contributed by atoms with van der Waals surface area (Å²) in [6.07, 6.45) is 3.57. The van der Waals surface area contributed by atoms with Crippen LogP contribution in [0.1, 0.15) is 80.0 Å². The number of ether oxygens (including phenoxy) is 2. The lowest BCUT2D eigenvalue weighted by Gasteiger charge is -2.49. The standard InChI is InChI=1S/C30H33NO9S/c1-4-5-9-24(33)39-15-14-38-21-11-10-20-25-18(21)7-6-8-19(25)26(34)31(27(20)35)40-41(36,37)17-29-12-13-30(29)22(16-23(29)32)28(30,2)3/h6-8,10-11,22H,4-5,9,12-17H2,1-3H3/t22?,29-,30?/m1/s1. The van der Waals surface area contributed by atoms with E-state index in [1.807, 2.05) is 6.92 Å². The van der Waals surface area contributed by atoms with E-state index in [0.717, 1.165) is 19.3 Å². The molecule has 0 N–H and O–H groups in total. The minimum Gasteiger partial charge on any atom is -0.489 e. The van der Waals surface area contributed by atoms with Crippen LogP contribution in [0.3, 0.4) is 0 Å². The molecule has 218 valence electrons. The Balaban J connectivity index is 1.20. The first-order valence-corrected chi connectivity index (χ1v) is 15.7. The maximum Gasteiger partial charge on any atom is 0.305 e. The molecule has 6 rings (SSSR count). The fourth-order valence-corrected chi connectivity index (χ4v) is 9.55. The van der Waals surface area contributed by atoms with Gasteiger partial charge in [0.1, 0.15) is 24.7 Å². The molecular formula is C30H33NO9S. The van der Waals surface area contributed by atoms with Gasteiger partial charge in [-0.1, -0.05) is 39.3 Å². The van der Waals surface area contributed by atoms with Gasteiger partial charge in [-0.2, -0.15) is 8.42 Å². The Kier molecular flexibility index (Phi) is 6.35. The molecule has 1 heterocycles. The Morgan fingerprint density at radius 2 is 1.76 bits per heavy atom. The van der Waals surface area contributed by atoms with Crippen LogP contribution < -0.4 is 4.74 Å². The molecule has 3 fully saturated rings. The molecule has 1 spiro atoms. The molecular weight excluding hydrogens is 550 g/mol. The molecule has 0 bridgehead atoms. The van der Waals surface area contributed by atoms with Crippen molar-refractivity contribution < 1.29 is 41.4 Å². The highest BCUT2D eigenvalue weighted by Gasteiger charge is 2.88. The second-order valence-electron chi connectivity index (χ2n) is 12.1. The molecule has 2 aromatic carbocycles. The molecule has 1 aliphatic heterocycles. The number of ketones is 1. The van der Waals surface area contributed by atoms with Gasteiger partial charge in [-0.3, -0.25) is 19.2 Å². The van der Waals surface area contributed by atoms with E-state index >= 15 is 0 Å². The number of rotatable bonds is 11. The SMILES string of the molecule is CCCCC(=O)OCCOc1ccc2c3c(cccc13)C(=O)N(OS(=O)(=O)C[C@@]13CCC14C(CC3=O)C4(C)C)C2=O. The minimum atomic E-state index is -4.48. The molecule has 2 unspecified atom stereocenters. The van der Waals surface area contributed by atoms with Crippen LogP contribution in [0.25, 0.3) is 10.8 Å². The Labute approximate surface area is 238 Å². The lowest BCUT2D eigenvalue weighted by Crippen LogP contribution is -2.54. The average molecular weight is 584 g/mol. The van der Waals surface area contributed by atoms with Crippen molar-refractivity contribution in [3.05, 3.63) is 41.5 Å². The number of imide groups is 1. The van der Waals surface area contributed by atoms with Crippen molar-refractivity contribution >= 4 is 44.5 Å². The molecule has 2 aromatic rings. The van der Waals surface area contributed by atoms with Crippen molar-refractivity contribution in [1.82, 2.24) is 5.06 Å². The van der Waals surface area contributed by atoms with E-state index in [-0.39, 0.29) is 52.8 Å². The minimum absolute atomic E-state index is 0.0476. The lowest BCUT2D eigenvalue weighted by atomic mass is 9.55. The summed E-state index contributed by atoms with van der Waals surface area (Å²) in [5.41, 5.74) is -1.34. The normalized spacial score (nSPS) is 27.3. The second-order valence-corrected chi connectivity index (χ2v) is 13.7. The van der Waals surface area contributed by atoms with Gasteiger partial charge in [-0.25, -0.2) is 0 Å². The Morgan fingerprint density at radius 3 is 2.44 bits per heavy atom. The summed E-state index contributed by atoms with van der Waals surface area (Å²) in [4.78, 5) is 51.5. The smallest absolute Gasteiger partial charge is 0.305 e. The third kappa shape index (κ3) is 3.88. The number of carbonyl (C=O) groups is 4. The van der Waals surface area contributed by atoms with Crippen LogP contribution in [-0.4, -0.2) is 56.0 Å². The Bertz CT molecular complexity index is 1590. The first-order valence-electron chi connectivity index (χ1n) is 14.1. The summed E-state index contributed by atoms with van der Waals surface area (Å²) >= 11 is 0. The van der Waals surface area contributed by atoms with Crippen molar-refractivity contribution in [3.63, 3.8) is 0 Å². The fraction of sp³-hybridized carbons (Fsp3) is 0.533. The van der Waals surface area contributed by atoms with E-state index in [1.54, 1.807) is 18.2 Å². The van der Waals surface area contributed by atoms with Crippen molar-refractivity contribution in [1.29, 1.82) is 0 Å². The number of nitrogens with zero attached hydrogens (tertiary/aromatic N) is 1. The second kappa shape index (κ2) is 9.35. The molecule has 3 saturated carbocycles. The molecule has 4 aliphatic rings. The number of hydroxylamine groups is 2. The van der Waals surface area contributed by atoms with Crippen molar-refractivity contribution in [2.45, 2.75) is 59.3 Å². The summed E-state index contributed by atoms with van der Waals surface area (Å²) in [6, 6.07) is 7.77. The van der Waals surface area contributed by atoms with Crippen LogP contribution in [-0.2, 0) is 28.7 Å². The number of unbranched alkanes of at least 4 members (excludes halogenated alkanes) is 1. The topological polar surface area (TPSA) is 133 Å². The zero-order valence-electron chi connectivity index (χ0n) is 23.4. The average Bonchev–Trinajstić information content (AvgIpc) is 3.38. The highest BCUT2D eigenvalue weighted by atomic mass is 32.2. The molecule has 2 amide bonds. The predicted octanol–water partition coefficient (Wildman–Crippen LogP) is 4.20. The van der Waals surface area contributed by atoms with E-state index < -0.39 is 33.1 Å². The first kappa shape index (κ1) is 27.8. The molecule has 41 heavy (non-hydrogen) atoms. The van der Waals surface area contributed by atoms with Gasteiger partial charge in [-0.05, 0) is 54.2 Å². The van der Waals surface area contributed by atoms with Crippen LogP contribution in [0.2, 0.25) is 0 Å². The number of Topliss-reactive ketones (excluding diaryl/α,β-unsaturated/α-hetero) is 1. The molecule has 0 saturated heterocycles. The van der Waals surface area contributed by atoms with Crippen LogP contribution in [0.4, 0.5) is 0 Å². The van der Waals surface area contributed by atoms with E-state index in [2.05, 4.69) is 13.8 Å². The van der Waals surface area contributed by atoms with Gasteiger partial charge in [0, 0.05) is 23.6 Å². The van der Waals surface area contributed by atoms with E-state index in [0.29, 0.717) is 40.8 Å². The quantitative estimate of drug-likeness (QED) is 0.217.